The maximum Gasteiger partial charge on any atom is 0.102 e. The van der Waals surface area contributed by atoms with Gasteiger partial charge in [0, 0.05) is 6.04 Å². The minimum atomic E-state index is 0.166. The number of hydrogen-bond donors (Lipinski definition) is 1. The summed E-state index contributed by atoms with van der Waals surface area (Å²) in [5.41, 5.74) is 7.82. The molecule has 0 aliphatic carbocycles. The van der Waals surface area contributed by atoms with Crippen LogP contribution in [0.3, 0.4) is 0 Å². The lowest BCUT2D eigenvalue weighted by molar-refractivity contribution is 0.861. The molecule has 2 rings (SSSR count). The quantitative estimate of drug-likeness (QED) is 0.860. The molecule has 1 unspecified atom stereocenters. The second-order valence-corrected chi connectivity index (χ2v) is 5.79. The highest BCUT2D eigenvalue weighted by Crippen LogP contribution is 2.28. The van der Waals surface area contributed by atoms with Crippen LogP contribution in [-0.4, -0.2) is 0 Å². The molecule has 2 aromatic rings. The first-order valence-electron chi connectivity index (χ1n) is 7.28. The first kappa shape index (κ1) is 15.1. The van der Waals surface area contributed by atoms with E-state index in [1.807, 2.05) is 25.1 Å². The number of anilines is 1. The van der Waals surface area contributed by atoms with Crippen LogP contribution in [0.2, 0.25) is 0 Å². The van der Waals surface area contributed by atoms with Gasteiger partial charge in [0.15, 0.2) is 0 Å². The summed E-state index contributed by atoms with van der Waals surface area (Å²) in [6.45, 7) is 10.5. The smallest absolute Gasteiger partial charge is 0.102 e. The van der Waals surface area contributed by atoms with Gasteiger partial charge in [0.05, 0.1) is 11.3 Å². The molecule has 0 amide bonds. The van der Waals surface area contributed by atoms with Crippen LogP contribution in [0.15, 0.2) is 30.3 Å². The van der Waals surface area contributed by atoms with Gasteiger partial charge in [-0.05, 0) is 62.9 Å². The van der Waals surface area contributed by atoms with Crippen molar-refractivity contribution in [2.45, 2.75) is 40.7 Å². The SMILES string of the molecule is Cc1cc(C)c(C(C)Nc2cccc(C)c2C#N)c(C)c1. The van der Waals surface area contributed by atoms with Gasteiger partial charge in [-0.3, -0.25) is 0 Å². The van der Waals surface area contributed by atoms with Crippen molar-refractivity contribution >= 4 is 5.69 Å². The maximum absolute atomic E-state index is 9.34. The second kappa shape index (κ2) is 6.01. The van der Waals surface area contributed by atoms with Gasteiger partial charge >= 0.3 is 0 Å². The molecular weight excluding hydrogens is 256 g/mol. The van der Waals surface area contributed by atoms with Crippen molar-refractivity contribution in [1.29, 1.82) is 5.26 Å². The predicted octanol–water partition coefficient (Wildman–Crippen LogP) is 4.97. The number of nitrogens with zero attached hydrogens (tertiary/aromatic N) is 1. The van der Waals surface area contributed by atoms with E-state index in [4.69, 9.17) is 0 Å². The van der Waals surface area contributed by atoms with Crippen LogP contribution in [0.5, 0.6) is 0 Å². The molecule has 0 aliphatic rings. The predicted molar refractivity (Wildman–Crippen MR) is 88.6 cm³/mol. The second-order valence-electron chi connectivity index (χ2n) is 5.79. The number of nitrogens with one attached hydrogen (secondary N) is 1. The number of hydrogen-bond acceptors (Lipinski definition) is 2. The van der Waals surface area contributed by atoms with Gasteiger partial charge in [0.25, 0.3) is 0 Å². The summed E-state index contributed by atoms with van der Waals surface area (Å²) in [7, 11) is 0. The van der Waals surface area contributed by atoms with E-state index in [9.17, 15) is 5.26 Å². The fraction of sp³-hybridized carbons (Fsp3) is 0.316. The Bertz CT molecular complexity index is 685. The van der Waals surface area contributed by atoms with Gasteiger partial charge < -0.3 is 5.32 Å². The molecule has 2 nitrogen and oxygen atoms in total. The summed E-state index contributed by atoms with van der Waals surface area (Å²) >= 11 is 0. The van der Waals surface area contributed by atoms with E-state index in [1.165, 1.54) is 22.3 Å². The summed E-state index contributed by atoms with van der Waals surface area (Å²) in [6, 6.07) is 12.8. The van der Waals surface area contributed by atoms with Gasteiger partial charge in [0.1, 0.15) is 6.07 Å². The van der Waals surface area contributed by atoms with Gasteiger partial charge in [0.2, 0.25) is 0 Å². The van der Waals surface area contributed by atoms with E-state index < -0.39 is 0 Å². The van der Waals surface area contributed by atoms with Crippen molar-refractivity contribution in [1.82, 2.24) is 0 Å². The molecule has 0 aliphatic heterocycles. The largest absolute Gasteiger partial charge is 0.377 e. The van der Waals surface area contributed by atoms with Crippen LogP contribution >= 0.6 is 0 Å². The third kappa shape index (κ3) is 3.08. The van der Waals surface area contributed by atoms with E-state index in [-0.39, 0.29) is 6.04 Å². The van der Waals surface area contributed by atoms with Crippen LogP contribution in [0.4, 0.5) is 5.69 Å². The molecule has 0 saturated carbocycles. The molecule has 0 aromatic heterocycles. The fourth-order valence-corrected chi connectivity index (χ4v) is 3.12. The fourth-order valence-electron chi connectivity index (χ4n) is 3.12. The lowest BCUT2D eigenvalue weighted by atomic mass is 9.94. The molecule has 0 fully saturated rings. The topological polar surface area (TPSA) is 35.8 Å². The standard InChI is InChI=1S/C19H22N2/c1-12-9-14(3)19(15(4)10-12)16(5)21-18-8-6-7-13(2)17(18)11-20/h6-10,16,21H,1-5H3. The van der Waals surface area contributed by atoms with E-state index in [0.29, 0.717) is 0 Å². The molecule has 2 heteroatoms. The summed E-state index contributed by atoms with van der Waals surface area (Å²) in [6.07, 6.45) is 0. The molecule has 1 N–H and O–H groups in total. The molecular formula is C19H22N2. The zero-order valence-electron chi connectivity index (χ0n) is 13.4. The summed E-state index contributed by atoms with van der Waals surface area (Å²) in [5.74, 6) is 0. The molecule has 2 aromatic carbocycles. The molecule has 0 heterocycles. The Morgan fingerprint density at radius 2 is 1.62 bits per heavy atom. The zero-order chi connectivity index (χ0) is 15.6. The van der Waals surface area contributed by atoms with Gasteiger partial charge in [-0.15, -0.1) is 0 Å². The van der Waals surface area contributed by atoms with Crippen LogP contribution in [0.1, 0.15) is 46.3 Å². The summed E-state index contributed by atoms with van der Waals surface area (Å²) in [4.78, 5) is 0. The Hall–Kier alpha value is -2.27. The van der Waals surface area contributed by atoms with Crippen molar-refractivity contribution in [3.05, 3.63) is 63.7 Å². The van der Waals surface area contributed by atoms with E-state index >= 15 is 0 Å². The average molecular weight is 278 g/mol. The number of benzene rings is 2. The Morgan fingerprint density at radius 3 is 2.19 bits per heavy atom. The number of rotatable bonds is 3. The van der Waals surface area contributed by atoms with Crippen LogP contribution in [-0.2, 0) is 0 Å². The number of nitriles is 1. The normalized spacial score (nSPS) is 11.8. The van der Waals surface area contributed by atoms with Gasteiger partial charge in [-0.1, -0.05) is 29.8 Å². The van der Waals surface area contributed by atoms with Crippen LogP contribution < -0.4 is 5.32 Å². The molecule has 0 radical (unpaired) electrons. The molecule has 21 heavy (non-hydrogen) atoms. The molecule has 0 bridgehead atoms. The Labute approximate surface area is 127 Å². The van der Waals surface area contributed by atoms with E-state index in [0.717, 1.165) is 16.8 Å². The van der Waals surface area contributed by atoms with E-state index in [2.05, 4.69) is 51.2 Å². The highest BCUT2D eigenvalue weighted by atomic mass is 14.9. The van der Waals surface area contributed by atoms with Crippen LogP contribution in [0, 0.1) is 39.0 Å². The molecule has 0 saturated heterocycles. The Kier molecular flexibility index (Phi) is 4.33. The summed E-state index contributed by atoms with van der Waals surface area (Å²) < 4.78 is 0. The van der Waals surface area contributed by atoms with Crippen LogP contribution in [0.25, 0.3) is 0 Å². The maximum atomic E-state index is 9.34. The third-order valence-electron chi connectivity index (χ3n) is 3.93. The van der Waals surface area contributed by atoms with Crippen molar-refractivity contribution in [2.75, 3.05) is 5.32 Å². The first-order chi connectivity index (χ1) is 9.93. The lowest BCUT2D eigenvalue weighted by Crippen LogP contribution is -2.11. The minimum absolute atomic E-state index is 0.166. The minimum Gasteiger partial charge on any atom is -0.377 e. The van der Waals surface area contributed by atoms with Crippen molar-refractivity contribution in [2.24, 2.45) is 0 Å². The van der Waals surface area contributed by atoms with Crippen molar-refractivity contribution < 1.29 is 0 Å². The monoisotopic (exact) mass is 278 g/mol. The highest BCUT2D eigenvalue weighted by molar-refractivity contribution is 5.62. The first-order valence-corrected chi connectivity index (χ1v) is 7.28. The third-order valence-corrected chi connectivity index (χ3v) is 3.93. The Balaban J connectivity index is 2.38. The highest BCUT2D eigenvalue weighted by Gasteiger charge is 2.14. The molecule has 1 atom stereocenters. The zero-order valence-corrected chi connectivity index (χ0v) is 13.4. The van der Waals surface area contributed by atoms with Gasteiger partial charge in [-0.25, -0.2) is 0 Å². The van der Waals surface area contributed by atoms with Crippen molar-refractivity contribution in [3.63, 3.8) is 0 Å². The molecule has 0 spiro atoms. The van der Waals surface area contributed by atoms with Crippen molar-refractivity contribution in [3.8, 4) is 6.07 Å². The number of aryl methyl sites for hydroxylation is 4. The lowest BCUT2D eigenvalue weighted by Gasteiger charge is -2.22. The Morgan fingerprint density at radius 1 is 1.00 bits per heavy atom. The summed E-state index contributed by atoms with van der Waals surface area (Å²) in [5, 5.41) is 12.8. The van der Waals surface area contributed by atoms with Gasteiger partial charge in [-0.2, -0.15) is 5.26 Å². The van der Waals surface area contributed by atoms with E-state index in [1.54, 1.807) is 0 Å². The molecule has 108 valence electrons. The average Bonchev–Trinajstić information content (AvgIpc) is 2.37.